The van der Waals surface area contributed by atoms with Crippen LogP contribution in [0, 0.1) is 5.41 Å². The maximum absolute atomic E-state index is 12.1. The molecule has 0 aliphatic carbocycles. The van der Waals surface area contributed by atoms with Gasteiger partial charge in [-0.1, -0.05) is 6.92 Å². The monoisotopic (exact) mass is 250 g/mol. The Morgan fingerprint density at radius 1 is 1.06 bits per heavy atom. The van der Waals surface area contributed by atoms with Gasteiger partial charge in [-0.05, 0) is 53.4 Å². The molecule has 1 saturated heterocycles. The zero-order chi connectivity index (χ0) is 13.8. The molecule has 0 N–H and O–H groups in total. The first-order valence-electron chi connectivity index (χ1n) is 6.99. The number of piperidine rings is 1. The quantitative estimate of drug-likeness (QED) is 0.648. The highest BCUT2D eigenvalue weighted by Gasteiger charge is 2.49. The molecular weight excluding hydrogens is 224 g/mol. The van der Waals surface area contributed by atoms with E-state index in [1.54, 1.807) is 6.92 Å². The third-order valence-corrected chi connectivity index (χ3v) is 4.66. The molecule has 2 heterocycles. The van der Waals surface area contributed by atoms with Crippen LogP contribution in [0.1, 0.15) is 67.2 Å². The molecule has 1 atom stereocenters. The number of fused-ring (bicyclic) bond motifs is 1. The van der Waals surface area contributed by atoms with Crippen molar-refractivity contribution in [1.29, 1.82) is 0 Å². The Morgan fingerprint density at radius 2 is 1.61 bits per heavy atom. The Kier molecular flexibility index (Phi) is 2.88. The van der Waals surface area contributed by atoms with Crippen molar-refractivity contribution >= 4 is 11.7 Å². The van der Waals surface area contributed by atoms with Gasteiger partial charge in [0.15, 0.2) is 0 Å². The van der Waals surface area contributed by atoms with Crippen LogP contribution in [0.2, 0.25) is 0 Å². The first kappa shape index (κ1) is 13.6. The van der Waals surface area contributed by atoms with Gasteiger partial charge in [0.05, 0.1) is 5.54 Å². The number of hydrogen-bond donors (Lipinski definition) is 0. The van der Waals surface area contributed by atoms with Crippen LogP contribution in [-0.2, 0) is 4.79 Å². The number of carbonyl (C=O) groups is 1. The highest BCUT2D eigenvalue weighted by molar-refractivity contribution is 6.02. The first-order chi connectivity index (χ1) is 8.07. The fraction of sp³-hybridized carbons (Fsp3) is 0.867. The van der Waals surface area contributed by atoms with Gasteiger partial charge in [-0.25, -0.2) is 0 Å². The third kappa shape index (κ3) is 2.08. The normalized spacial score (nSPS) is 33.7. The highest BCUT2D eigenvalue weighted by atomic mass is 16.2. The summed E-state index contributed by atoms with van der Waals surface area (Å²) in [7, 11) is 0. The zero-order valence-corrected chi connectivity index (χ0v) is 12.6. The molecule has 102 valence electrons. The Bertz CT molecular complexity index is 409. The van der Waals surface area contributed by atoms with Gasteiger partial charge >= 0.3 is 0 Å². The van der Waals surface area contributed by atoms with E-state index in [0.717, 1.165) is 31.5 Å². The van der Waals surface area contributed by atoms with Gasteiger partial charge in [-0.15, -0.1) is 0 Å². The maximum atomic E-state index is 12.1. The van der Waals surface area contributed by atoms with E-state index >= 15 is 0 Å². The molecule has 0 aromatic rings. The van der Waals surface area contributed by atoms with Crippen molar-refractivity contribution in [1.82, 2.24) is 4.90 Å². The maximum Gasteiger partial charge on any atom is 0.225 e. The molecule has 0 bridgehead atoms. The van der Waals surface area contributed by atoms with Crippen LogP contribution >= 0.6 is 0 Å². The molecule has 0 radical (unpaired) electrons. The minimum atomic E-state index is -0.0996. The van der Waals surface area contributed by atoms with Crippen LogP contribution < -0.4 is 0 Å². The average molecular weight is 250 g/mol. The SMILES string of the molecule is CC(=O)N1C2=NC(C)(C)CCC2(C)CCC1(C)C. The Labute approximate surface area is 111 Å². The molecule has 0 aromatic heterocycles. The van der Waals surface area contributed by atoms with Crippen molar-refractivity contribution in [2.45, 2.75) is 78.3 Å². The standard InChI is InChI=1S/C15H26N2O/c1-11(18)17-12-15(6,10-8-14(17,4)5)9-7-13(2,3)16-12/h7-10H2,1-6H3. The number of hydrogen-bond acceptors (Lipinski definition) is 2. The molecule has 1 fully saturated rings. The lowest BCUT2D eigenvalue weighted by Gasteiger charge is -2.53. The number of rotatable bonds is 0. The lowest BCUT2D eigenvalue weighted by atomic mass is 9.68. The van der Waals surface area contributed by atoms with Crippen molar-refractivity contribution in [3.63, 3.8) is 0 Å². The van der Waals surface area contributed by atoms with Crippen LogP contribution in [-0.4, -0.2) is 27.7 Å². The van der Waals surface area contributed by atoms with Crippen molar-refractivity contribution in [2.75, 3.05) is 0 Å². The number of aliphatic imine (C=N–C) groups is 1. The third-order valence-electron chi connectivity index (χ3n) is 4.66. The van der Waals surface area contributed by atoms with Gasteiger partial charge in [0.25, 0.3) is 0 Å². The lowest BCUT2D eigenvalue weighted by molar-refractivity contribution is -0.130. The smallest absolute Gasteiger partial charge is 0.225 e. The molecular formula is C15H26N2O. The number of nitrogens with zero attached hydrogens (tertiary/aromatic N) is 2. The predicted molar refractivity (Wildman–Crippen MR) is 74.7 cm³/mol. The fourth-order valence-corrected chi connectivity index (χ4v) is 3.28. The van der Waals surface area contributed by atoms with Gasteiger partial charge in [-0.3, -0.25) is 14.7 Å². The number of likely N-dealkylation sites (tertiary alicyclic amines) is 1. The van der Waals surface area contributed by atoms with E-state index in [1.165, 1.54) is 0 Å². The molecule has 2 rings (SSSR count). The molecule has 0 spiro atoms. The van der Waals surface area contributed by atoms with Crippen molar-refractivity contribution in [3.05, 3.63) is 0 Å². The first-order valence-corrected chi connectivity index (χ1v) is 6.99. The summed E-state index contributed by atoms with van der Waals surface area (Å²) in [6.07, 6.45) is 4.44. The highest BCUT2D eigenvalue weighted by Crippen LogP contribution is 2.47. The number of amidine groups is 1. The molecule has 1 unspecified atom stereocenters. The summed E-state index contributed by atoms with van der Waals surface area (Å²) in [4.78, 5) is 19.0. The molecule has 0 saturated carbocycles. The minimum absolute atomic E-state index is 0.0318. The summed E-state index contributed by atoms with van der Waals surface area (Å²) in [5.41, 5.74) is -0.0374. The van der Waals surface area contributed by atoms with Crippen molar-refractivity contribution < 1.29 is 4.79 Å². The van der Waals surface area contributed by atoms with Crippen LogP contribution in [0.5, 0.6) is 0 Å². The number of carbonyl (C=O) groups excluding carboxylic acids is 1. The summed E-state index contributed by atoms with van der Waals surface area (Å²) >= 11 is 0. The summed E-state index contributed by atoms with van der Waals surface area (Å²) in [6, 6.07) is 0. The average Bonchev–Trinajstić information content (AvgIpc) is 2.19. The minimum Gasteiger partial charge on any atom is -0.295 e. The molecule has 18 heavy (non-hydrogen) atoms. The summed E-state index contributed by atoms with van der Waals surface area (Å²) in [5, 5.41) is 0. The van der Waals surface area contributed by atoms with Gasteiger partial charge in [0.2, 0.25) is 5.91 Å². The van der Waals surface area contributed by atoms with E-state index in [1.807, 2.05) is 4.90 Å². The van der Waals surface area contributed by atoms with E-state index in [4.69, 9.17) is 4.99 Å². The largest absolute Gasteiger partial charge is 0.295 e. The second kappa shape index (κ2) is 3.82. The molecule has 2 aliphatic heterocycles. The van der Waals surface area contributed by atoms with Crippen LogP contribution in [0.15, 0.2) is 4.99 Å². The van der Waals surface area contributed by atoms with Crippen molar-refractivity contribution in [2.24, 2.45) is 10.4 Å². The molecule has 3 heteroatoms. The molecule has 3 nitrogen and oxygen atoms in total. The molecule has 2 aliphatic rings. The van der Waals surface area contributed by atoms with Gasteiger partial charge in [0, 0.05) is 17.9 Å². The van der Waals surface area contributed by atoms with Gasteiger partial charge < -0.3 is 0 Å². The second-order valence-electron chi connectivity index (χ2n) is 7.48. The van der Waals surface area contributed by atoms with Crippen LogP contribution in [0.3, 0.4) is 0 Å². The van der Waals surface area contributed by atoms with Gasteiger partial charge in [-0.2, -0.15) is 0 Å². The Balaban J connectivity index is 2.52. The molecule has 1 amide bonds. The van der Waals surface area contributed by atoms with E-state index in [9.17, 15) is 4.79 Å². The summed E-state index contributed by atoms with van der Waals surface area (Å²) < 4.78 is 0. The van der Waals surface area contributed by atoms with Crippen LogP contribution in [0.4, 0.5) is 0 Å². The summed E-state index contributed by atoms with van der Waals surface area (Å²) in [6.45, 7) is 12.6. The van der Waals surface area contributed by atoms with Crippen LogP contribution in [0.25, 0.3) is 0 Å². The van der Waals surface area contributed by atoms with Gasteiger partial charge in [0.1, 0.15) is 5.84 Å². The topological polar surface area (TPSA) is 32.7 Å². The molecule has 0 aromatic carbocycles. The predicted octanol–water partition coefficient (Wildman–Crippen LogP) is 3.38. The zero-order valence-electron chi connectivity index (χ0n) is 12.6. The van der Waals surface area contributed by atoms with E-state index in [0.29, 0.717) is 0 Å². The van der Waals surface area contributed by atoms with E-state index in [-0.39, 0.29) is 22.4 Å². The number of amides is 1. The Morgan fingerprint density at radius 3 is 2.17 bits per heavy atom. The van der Waals surface area contributed by atoms with E-state index < -0.39 is 0 Å². The van der Waals surface area contributed by atoms with E-state index in [2.05, 4.69) is 34.6 Å². The fourth-order valence-electron chi connectivity index (χ4n) is 3.28. The lowest BCUT2D eigenvalue weighted by Crippen LogP contribution is -2.61. The second-order valence-corrected chi connectivity index (χ2v) is 7.48. The Hall–Kier alpha value is -0.860. The van der Waals surface area contributed by atoms with Crippen molar-refractivity contribution in [3.8, 4) is 0 Å². The summed E-state index contributed by atoms with van der Waals surface area (Å²) in [5.74, 6) is 1.16.